The second kappa shape index (κ2) is 4.14. The molecule has 1 amide bonds. The van der Waals surface area contributed by atoms with Gasteiger partial charge in [0, 0.05) is 4.88 Å². The van der Waals surface area contributed by atoms with Crippen LogP contribution in [0.4, 0.5) is 0 Å². The smallest absolute Gasteiger partial charge is 0.233 e. The van der Waals surface area contributed by atoms with Crippen molar-refractivity contribution in [2.75, 3.05) is 0 Å². The van der Waals surface area contributed by atoms with Crippen LogP contribution >= 0.6 is 23.6 Å². The van der Waals surface area contributed by atoms with E-state index in [0.29, 0.717) is 11.5 Å². The van der Waals surface area contributed by atoms with Crippen molar-refractivity contribution < 1.29 is 4.79 Å². The number of nitrogens with two attached hydrogens (primary N) is 1. The molecule has 0 saturated heterocycles. The van der Waals surface area contributed by atoms with Crippen molar-refractivity contribution in [2.24, 2.45) is 11.1 Å². The van der Waals surface area contributed by atoms with Crippen LogP contribution in [0.2, 0.25) is 0 Å². The van der Waals surface area contributed by atoms with Gasteiger partial charge in [0.05, 0.1) is 16.9 Å². The van der Waals surface area contributed by atoms with Gasteiger partial charge in [-0.1, -0.05) is 12.2 Å². The summed E-state index contributed by atoms with van der Waals surface area (Å²) in [5, 5.41) is 4.94. The van der Waals surface area contributed by atoms with Crippen molar-refractivity contribution in [1.82, 2.24) is 5.32 Å². The van der Waals surface area contributed by atoms with Gasteiger partial charge < -0.3 is 11.1 Å². The van der Waals surface area contributed by atoms with Crippen LogP contribution in [-0.4, -0.2) is 10.9 Å². The standard InChI is InChI=1S/C11H14N2OS2/c1-7-2-5-16-8(7)6-13-10(14)11(3-4-11)9(12)15/h2,5H,3-4,6H2,1H3,(H2,12,15)(H,13,14). The monoisotopic (exact) mass is 254 g/mol. The first-order chi connectivity index (χ1) is 7.56. The minimum absolute atomic E-state index is 0.0206. The SMILES string of the molecule is Cc1ccsc1CNC(=O)C1(C(N)=S)CC1. The molecule has 0 radical (unpaired) electrons. The van der Waals surface area contributed by atoms with Crippen molar-refractivity contribution >= 4 is 34.5 Å². The molecule has 1 heterocycles. The molecule has 1 aromatic heterocycles. The van der Waals surface area contributed by atoms with Crippen molar-refractivity contribution in [3.8, 4) is 0 Å². The number of carbonyl (C=O) groups is 1. The first-order valence-corrected chi connectivity index (χ1v) is 6.46. The molecule has 0 spiro atoms. The summed E-state index contributed by atoms with van der Waals surface area (Å²) in [5.41, 5.74) is 6.26. The van der Waals surface area contributed by atoms with Crippen LogP contribution in [-0.2, 0) is 11.3 Å². The summed E-state index contributed by atoms with van der Waals surface area (Å²) in [6, 6.07) is 2.05. The predicted octanol–water partition coefficient (Wildman–Crippen LogP) is 1.74. The Morgan fingerprint density at radius 3 is 2.81 bits per heavy atom. The van der Waals surface area contributed by atoms with Crippen LogP contribution in [0.3, 0.4) is 0 Å². The van der Waals surface area contributed by atoms with E-state index in [2.05, 4.69) is 5.32 Å². The lowest BCUT2D eigenvalue weighted by molar-refractivity contribution is -0.124. The number of nitrogens with one attached hydrogen (secondary N) is 1. The van der Waals surface area contributed by atoms with Crippen LogP contribution in [0.25, 0.3) is 0 Å². The molecule has 0 unspecified atom stereocenters. The second-order valence-corrected chi connectivity index (χ2v) is 5.60. The highest BCUT2D eigenvalue weighted by atomic mass is 32.1. The zero-order valence-corrected chi connectivity index (χ0v) is 10.7. The minimum Gasteiger partial charge on any atom is -0.392 e. The summed E-state index contributed by atoms with van der Waals surface area (Å²) in [7, 11) is 0. The minimum atomic E-state index is -0.541. The highest BCUT2D eigenvalue weighted by Crippen LogP contribution is 2.46. The molecule has 86 valence electrons. The number of hydrogen-bond acceptors (Lipinski definition) is 3. The molecule has 0 aromatic carbocycles. The van der Waals surface area contributed by atoms with Crippen LogP contribution in [0.15, 0.2) is 11.4 Å². The number of carbonyl (C=O) groups excluding carboxylic acids is 1. The third-order valence-corrected chi connectivity index (χ3v) is 4.45. The van der Waals surface area contributed by atoms with Gasteiger partial charge >= 0.3 is 0 Å². The first-order valence-electron chi connectivity index (χ1n) is 5.17. The Labute approximate surface area is 104 Å². The zero-order chi connectivity index (χ0) is 11.8. The van der Waals surface area contributed by atoms with E-state index in [4.69, 9.17) is 18.0 Å². The lowest BCUT2D eigenvalue weighted by atomic mass is 10.1. The van der Waals surface area contributed by atoms with E-state index < -0.39 is 5.41 Å². The Kier molecular flexibility index (Phi) is 2.99. The summed E-state index contributed by atoms with van der Waals surface area (Å²) in [5.74, 6) is -0.0206. The Bertz CT molecular complexity index is 435. The number of amides is 1. The summed E-state index contributed by atoms with van der Waals surface area (Å²) < 4.78 is 0. The Balaban J connectivity index is 1.95. The van der Waals surface area contributed by atoms with Crippen LogP contribution in [0.5, 0.6) is 0 Å². The lowest BCUT2D eigenvalue weighted by Crippen LogP contribution is -2.39. The maximum atomic E-state index is 11.9. The number of thiocarbonyl (C=S) groups is 1. The molecule has 2 rings (SSSR count). The molecule has 3 N–H and O–H groups in total. The predicted molar refractivity (Wildman–Crippen MR) is 69.4 cm³/mol. The van der Waals surface area contributed by atoms with Gasteiger partial charge in [-0.25, -0.2) is 0 Å². The third-order valence-electron chi connectivity index (χ3n) is 3.03. The van der Waals surface area contributed by atoms with E-state index in [1.807, 2.05) is 18.4 Å². The fourth-order valence-electron chi connectivity index (χ4n) is 1.63. The van der Waals surface area contributed by atoms with Crippen LogP contribution in [0, 0.1) is 12.3 Å². The Morgan fingerprint density at radius 2 is 2.38 bits per heavy atom. The largest absolute Gasteiger partial charge is 0.392 e. The molecule has 1 fully saturated rings. The lowest BCUT2D eigenvalue weighted by Gasteiger charge is -2.13. The molecule has 1 aliphatic carbocycles. The van der Waals surface area contributed by atoms with Crippen molar-refractivity contribution in [2.45, 2.75) is 26.3 Å². The van der Waals surface area contributed by atoms with Gasteiger partial charge in [0.1, 0.15) is 0 Å². The normalized spacial score (nSPS) is 16.8. The van der Waals surface area contributed by atoms with Gasteiger partial charge in [-0.15, -0.1) is 11.3 Å². The molecule has 1 aliphatic rings. The van der Waals surface area contributed by atoms with Gasteiger partial charge in [0.25, 0.3) is 0 Å². The summed E-state index contributed by atoms with van der Waals surface area (Å²) in [4.78, 5) is 13.4. The second-order valence-electron chi connectivity index (χ2n) is 4.16. The molecule has 0 aliphatic heterocycles. The van der Waals surface area contributed by atoms with E-state index >= 15 is 0 Å². The topological polar surface area (TPSA) is 55.1 Å². The quantitative estimate of drug-likeness (QED) is 0.805. The zero-order valence-electron chi connectivity index (χ0n) is 9.08. The van der Waals surface area contributed by atoms with E-state index in [-0.39, 0.29) is 5.91 Å². The number of thiophene rings is 1. The molecule has 0 atom stereocenters. The molecule has 16 heavy (non-hydrogen) atoms. The molecule has 0 bridgehead atoms. The maximum Gasteiger partial charge on any atom is 0.233 e. The average Bonchev–Trinajstić information content (AvgIpc) is 2.95. The van der Waals surface area contributed by atoms with E-state index in [1.54, 1.807) is 11.3 Å². The molecule has 3 nitrogen and oxygen atoms in total. The van der Waals surface area contributed by atoms with Gasteiger partial charge in [-0.05, 0) is 36.8 Å². The van der Waals surface area contributed by atoms with Crippen molar-refractivity contribution in [1.29, 1.82) is 0 Å². The van der Waals surface area contributed by atoms with Gasteiger partial charge in [0.2, 0.25) is 5.91 Å². The van der Waals surface area contributed by atoms with Crippen LogP contribution < -0.4 is 11.1 Å². The summed E-state index contributed by atoms with van der Waals surface area (Å²) >= 11 is 6.58. The molecular weight excluding hydrogens is 240 g/mol. The average molecular weight is 254 g/mol. The highest BCUT2D eigenvalue weighted by molar-refractivity contribution is 7.80. The maximum absolute atomic E-state index is 11.9. The van der Waals surface area contributed by atoms with Gasteiger partial charge in [-0.2, -0.15) is 0 Å². The number of rotatable bonds is 4. The molecule has 1 aromatic rings. The molecular formula is C11H14N2OS2. The fraction of sp³-hybridized carbons (Fsp3) is 0.455. The van der Waals surface area contributed by atoms with Gasteiger partial charge in [0.15, 0.2) is 0 Å². The Hall–Kier alpha value is -0.940. The number of hydrogen-bond donors (Lipinski definition) is 2. The Morgan fingerprint density at radius 1 is 1.69 bits per heavy atom. The number of aryl methyl sites for hydroxylation is 1. The fourth-order valence-corrected chi connectivity index (χ4v) is 2.77. The van der Waals surface area contributed by atoms with Crippen molar-refractivity contribution in [3.63, 3.8) is 0 Å². The van der Waals surface area contributed by atoms with E-state index in [0.717, 1.165) is 12.8 Å². The molecule has 5 heteroatoms. The van der Waals surface area contributed by atoms with E-state index in [1.165, 1.54) is 10.4 Å². The third kappa shape index (κ3) is 1.97. The van der Waals surface area contributed by atoms with Crippen LogP contribution in [0.1, 0.15) is 23.3 Å². The van der Waals surface area contributed by atoms with Crippen molar-refractivity contribution in [3.05, 3.63) is 21.9 Å². The van der Waals surface area contributed by atoms with Gasteiger partial charge in [-0.3, -0.25) is 4.79 Å². The molecule has 1 saturated carbocycles. The summed E-state index contributed by atoms with van der Waals surface area (Å²) in [6.45, 7) is 2.62. The first kappa shape index (κ1) is 11.5. The highest BCUT2D eigenvalue weighted by Gasteiger charge is 2.52. The van der Waals surface area contributed by atoms with E-state index in [9.17, 15) is 4.79 Å². The summed E-state index contributed by atoms with van der Waals surface area (Å²) in [6.07, 6.45) is 1.58.